The van der Waals surface area contributed by atoms with E-state index in [-0.39, 0.29) is 5.91 Å². The highest BCUT2D eigenvalue weighted by molar-refractivity contribution is 9.10. The maximum absolute atomic E-state index is 13.2. The van der Waals surface area contributed by atoms with E-state index in [1.54, 1.807) is 12.0 Å². The van der Waals surface area contributed by atoms with Crippen LogP contribution >= 0.6 is 39.9 Å². The number of nitrogens with zero attached hydrogens (tertiary/aromatic N) is 1. The molecule has 0 unspecified atom stereocenters. The summed E-state index contributed by atoms with van der Waals surface area (Å²) in [6.07, 6.45) is 1.83. The molecule has 168 valence electrons. The zero-order chi connectivity index (χ0) is 23.5. The first-order chi connectivity index (χ1) is 15.9. The fraction of sp³-hybridized carbons (Fsp3) is 0.154. The number of carbonyl (C=O) groups is 1. The second kappa shape index (κ2) is 10.1. The molecule has 0 N–H and O–H groups in total. The van der Waals surface area contributed by atoms with Crippen LogP contribution in [0, 0.1) is 13.8 Å². The highest BCUT2D eigenvalue weighted by Crippen LogP contribution is 2.41. The number of hydrogen-bond acceptors (Lipinski definition) is 5. The van der Waals surface area contributed by atoms with E-state index in [9.17, 15) is 4.79 Å². The second-order valence-corrected chi connectivity index (χ2v) is 10.1. The number of amides is 1. The molecule has 1 fully saturated rings. The topological polar surface area (TPSA) is 38.8 Å². The van der Waals surface area contributed by atoms with Gasteiger partial charge in [-0.1, -0.05) is 72.0 Å². The van der Waals surface area contributed by atoms with Gasteiger partial charge in [-0.2, -0.15) is 0 Å². The average molecular weight is 541 g/mol. The Morgan fingerprint density at radius 2 is 1.85 bits per heavy atom. The first kappa shape index (κ1) is 23.5. The van der Waals surface area contributed by atoms with Gasteiger partial charge >= 0.3 is 0 Å². The van der Waals surface area contributed by atoms with E-state index in [4.69, 9.17) is 21.7 Å². The van der Waals surface area contributed by atoms with Crippen molar-refractivity contribution in [1.29, 1.82) is 0 Å². The molecular weight excluding hydrogens is 518 g/mol. The summed E-state index contributed by atoms with van der Waals surface area (Å²) in [5, 5.41) is 0. The fourth-order valence-electron chi connectivity index (χ4n) is 3.58. The lowest BCUT2D eigenvalue weighted by atomic mass is 10.1. The van der Waals surface area contributed by atoms with Gasteiger partial charge in [-0.25, -0.2) is 0 Å². The molecule has 0 bridgehead atoms. The van der Waals surface area contributed by atoms with Crippen LogP contribution in [0.4, 0.5) is 5.69 Å². The van der Waals surface area contributed by atoms with E-state index in [0.29, 0.717) is 27.3 Å². The van der Waals surface area contributed by atoms with Gasteiger partial charge in [0.25, 0.3) is 5.91 Å². The highest BCUT2D eigenvalue weighted by Gasteiger charge is 2.34. The number of thiocarbonyl (C=S) groups is 1. The minimum atomic E-state index is -0.128. The summed E-state index contributed by atoms with van der Waals surface area (Å²) >= 11 is 10.4. The van der Waals surface area contributed by atoms with Gasteiger partial charge in [-0.05, 0) is 70.7 Å². The van der Waals surface area contributed by atoms with Gasteiger partial charge in [0.15, 0.2) is 15.8 Å². The molecule has 4 rings (SSSR count). The molecule has 0 aromatic heterocycles. The molecule has 33 heavy (non-hydrogen) atoms. The third kappa shape index (κ3) is 5.16. The van der Waals surface area contributed by atoms with Crippen molar-refractivity contribution in [3.63, 3.8) is 0 Å². The van der Waals surface area contributed by atoms with Crippen LogP contribution in [-0.4, -0.2) is 17.3 Å². The van der Waals surface area contributed by atoms with Crippen LogP contribution < -0.4 is 14.4 Å². The molecule has 3 aromatic carbocycles. The highest BCUT2D eigenvalue weighted by atomic mass is 79.9. The molecular formula is C26H22BrNO3S2. The van der Waals surface area contributed by atoms with E-state index in [2.05, 4.69) is 15.9 Å². The SMILES string of the molecule is COc1cc(/C=C2\SC(=S)N(c3ccc(C)cc3C)C2=O)cc(Br)c1OCc1ccccc1. The Labute approximate surface area is 211 Å². The Morgan fingerprint density at radius 1 is 1.09 bits per heavy atom. The second-order valence-electron chi connectivity index (χ2n) is 7.62. The number of rotatable bonds is 6. The molecule has 7 heteroatoms. The van der Waals surface area contributed by atoms with Crippen molar-refractivity contribution in [3.8, 4) is 11.5 Å². The van der Waals surface area contributed by atoms with Gasteiger partial charge in [-0.15, -0.1) is 0 Å². The molecule has 1 saturated heterocycles. The Balaban J connectivity index is 1.60. The fourth-order valence-corrected chi connectivity index (χ4v) is 5.44. The van der Waals surface area contributed by atoms with Crippen LogP contribution in [-0.2, 0) is 11.4 Å². The molecule has 3 aromatic rings. The van der Waals surface area contributed by atoms with Crippen LogP contribution in [0.5, 0.6) is 11.5 Å². The average Bonchev–Trinajstić information content (AvgIpc) is 3.06. The standard InChI is InChI=1S/C26H22BrNO3S2/c1-16-9-10-21(17(2)11-16)28-25(29)23(33-26(28)32)14-19-12-20(27)24(22(13-19)30-3)31-15-18-7-5-4-6-8-18/h4-14H,15H2,1-3H3/b23-14-. The van der Waals surface area contributed by atoms with Gasteiger partial charge in [0.05, 0.1) is 22.2 Å². The lowest BCUT2D eigenvalue weighted by Gasteiger charge is -2.17. The Morgan fingerprint density at radius 3 is 2.55 bits per heavy atom. The van der Waals surface area contributed by atoms with Crippen molar-refractivity contribution in [1.82, 2.24) is 0 Å². The summed E-state index contributed by atoms with van der Waals surface area (Å²) < 4.78 is 12.8. The van der Waals surface area contributed by atoms with Crippen LogP contribution in [0.2, 0.25) is 0 Å². The number of benzene rings is 3. The molecule has 0 spiro atoms. The Kier molecular flexibility index (Phi) is 7.22. The quantitative estimate of drug-likeness (QED) is 0.247. The number of anilines is 1. The monoisotopic (exact) mass is 539 g/mol. The minimum absolute atomic E-state index is 0.128. The number of aryl methyl sites for hydroxylation is 2. The molecule has 1 amide bonds. The van der Waals surface area contributed by atoms with Crippen molar-refractivity contribution in [2.75, 3.05) is 12.0 Å². The number of hydrogen-bond donors (Lipinski definition) is 0. The summed E-state index contributed by atoms with van der Waals surface area (Å²) in [7, 11) is 1.60. The number of carbonyl (C=O) groups excluding carboxylic acids is 1. The Bertz CT molecular complexity index is 1260. The van der Waals surface area contributed by atoms with Crippen LogP contribution in [0.3, 0.4) is 0 Å². The summed E-state index contributed by atoms with van der Waals surface area (Å²) in [5.41, 5.74) is 4.84. The van der Waals surface area contributed by atoms with Crippen molar-refractivity contribution < 1.29 is 14.3 Å². The van der Waals surface area contributed by atoms with Crippen LogP contribution in [0.25, 0.3) is 6.08 Å². The van der Waals surface area contributed by atoms with Crippen LogP contribution in [0.1, 0.15) is 22.3 Å². The number of thioether (sulfide) groups is 1. The summed E-state index contributed by atoms with van der Waals surface area (Å²) in [5.74, 6) is 1.06. The smallest absolute Gasteiger partial charge is 0.270 e. The van der Waals surface area contributed by atoms with E-state index in [1.165, 1.54) is 11.8 Å². The predicted molar refractivity (Wildman–Crippen MR) is 143 cm³/mol. The van der Waals surface area contributed by atoms with Crippen LogP contribution in [0.15, 0.2) is 70.0 Å². The lowest BCUT2D eigenvalue weighted by Crippen LogP contribution is -2.28. The van der Waals surface area contributed by atoms with E-state index in [1.807, 2.05) is 80.6 Å². The molecule has 1 aliphatic heterocycles. The zero-order valence-corrected chi connectivity index (χ0v) is 21.6. The van der Waals surface area contributed by atoms with E-state index < -0.39 is 0 Å². The van der Waals surface area contributed by atoms with Crippen molar-refractivity contribution in [2.24, 2.45) is 0 Å². The lowest BCUT2D eigenvalue weighted by molar-refractivity contribution is -0.113. The van der Waals surface area contributed by atoms with Crippen molar-refractivity contribution in [2.45, 2.75) is 20.5 Å². The maximum Gasteiger partial charge on any atom is 0.270 e. The maximum atomic E-state index is 13.2. The molecule has 0 saturated carbocycles. The third-order valence-corrected chi connectivity index (χ3v) is 7.05. The van der Waals surface area contributed by atoms with Crippen molar-refractivity contribution in [3.05, 3.63) is 92.3 Å². The van der Waals surface area contributed by atoms with Gasteiger partial charge in [0, 0.05) is 0 Å². The van der Waals surface area contributed by atoms with Gasteiger partial charge in [0.1, 0.15) is 6.61 Å². The molecule has 1 heterocycles. The first-order valence-electron chi connectivity index (χ1n) is 10.3. The molecule has 0 aliphatic carbocycles. The van der Waals surface area contributed by atoms with Crippen molar-refractivity contribution >= 4 is 61.9 Å². The summed E-state index contributed by atoms with van der Waals surface area (Å²) in [4.78, 5) is 15.4. The minimum Gasteiger partial charge on any atom is -0.493 e. The first-order valence-corrected chi connectivity index (χ1v) is 12.3. The summed E-state index contributed by atoms with van der Waals surface area (Å²) in [6, 6.07) is 19.7. The zero-order valence-electron chi connectivity index (χ0n) is 18.4. The molecule has 0 atom stereocenters. The third-order valence-electron chi connectivity index (χ3n) is 5.16. The van der Waals surface area contributed by atoms with Gasteiger partial charge in [-0.3, -0.25) is 9.69 Å². The molecule has 1 aliphatic rings. The van der Waals surface area contributed by atoms with E-state index >= 15 is 0 Å². The van der Waals surface area contributed by atoms with Gasteiger partial charge in [0.2, 0.25) is 0 Å². The van der Waals surface area contributed by atoms with E-state index in [0.717, 1.165) is 32.4 Å². The largest absolute Gasteiger partial charge is 0.493 e. The number of ether oxygens (including phenoxy) is 2. The summed E-state index contributed by atoms with van der Waals surface area (Å²) in [6.45, 7) is 4.43. The number of halogens is 1. The molecule has 4 nitrogen and oxygen atoms in total. The van der Waals surface area contributed by atoms with Gasteiger partial charge < -0.3 is 9.47 Å². The Hall–Kier alpha value is -2.61. The number of methoxy groups -OCH3 is 1. The normalized spacial score (nSPS) is 14.8. The predicted octanol–water partition coefficient (Wildman–Crippen LogP) is 7.06. The molecule has 0 radical (unpaired) electrons.